The van der Waals surface area contributed by atoms with Gasteiger partial charge in [0.15, 0.2) is 0 Å². The molecule has 2 bridgehead atoms. The lowest BCUT2D eigenvalue weighted by atomic mass is 9.75. The molecule has 1 aromatic carbocycles. The van der Waals surface area contributed by atoms with Crippen LogP contribution in [0.15, 0.2) is 41.2 Å². The molecule has 27 heavy (non-hydrogen) atoms. The molecule has 5 nitrogen and oxygen atoms in total. The molecule has 2 saturated heterocycles. The second-order valence-corrected chi connectivity index (χ2v) is 8.44. The minimum Gasteiger partial charge on any atom is -0.388 e. The van der Waals surface area contributed by atoms with Gasteiger partial charge in [-0.2, -0.15) is 5.10 Å². The van der Waals surface area contributed by atoms with E-state index in [-0.39, 0.29) is 5.56 Å². The normalized spacial score (nSPS) is 28.3. The van der Waals surface area contributed by atoms with Crippen LogP contribution in [0.1, 0.15) is 48.9 Å². The monoisotopic (exact) mass is 367 g/mol. The fourth-order valence-corrected chi connectivity index (χ4v) is 4.93. The maximum Gasteiger partial charge on any atom is 0.266 e. The standard InChI is InChI=1S/C22H29N3O2/c1-16-6-3-4-7-18(16)14-24-19-8-5-9-20(24)13-22(27,12-19)15-25-21(26)11-10-17(2)23-25/h3-4,6-7,10-11,19-20,27H,5,8-9,12-15H2,1-2H3/t19-,20+,22?. The number of aromatic nitrogens is 2. The number of rotatable bonds is 4. The number of aryl methyl sites for hydroxylation is 2. The summed E-state index contributed by atoms with van der Waals surface area (Å²) in [5, 5.41) is 15.7. The van der Waals surface area contributed by atoms with Gasteiger partial charge in [-0.3, -0.25) is 9.69 Å². The molecule has 3 atom stereocenters. The van der Waals surface area contributed by atoms with Crippen molar-refractivity contribution in [1.82, 2.24) is 14.7 Å². The third-order valence-corrected chi connectivity index (χ3v) is 6.30. The number of hydrogen-bond donors (Lipinski definition) is 1. The molecule has 5 heteroatoms. The lowest BCUT2D eigenvalue weighted by Gasteiger charge is -2.52. The Kier molecular flexibility index (Phi) is 4.91. The molecule has 2 fully saturated rings. The summed E-state index contributed by atoms with van der Waals surface area (Å²) in [6, 6.07) is 12.6. The van der Waals surface area contributed by atoms with Crippen molar-refractivity contribution >= 4 is 0 Å². The zero-order valence-electron chi connectivity index (χ0n) is 16.3. The number of nitrogens with zero attached hydrogens (tertiary/aromatic N) is 3. The molecule has 0 spiro atoms. The van der Waals surface area contributed by atoms with E-state index in [1.807, 2.05) is 6.92 Å². The van der Waals surface area contributed by atoms with Crippen LogP contribution in [-0.4, -0.2) is 37.5 Å². The lowest BCUT2D eigenvalue weighted by Crippen LogP contribution is -2.59. The van der Waals surface area contributed by atoms with Gasteiger partial charge in [0.2, 0.25) is 0 Å². The number of hydrogen-bond acceptors (Lipinski definition) is 4. The fourth-order valence-electron chi connectivity index (χ4n) is 4.93. The third-order valence-electron chi connectivity index (χ3n) is 6.30. The first-order valence-corrected chi connectivity index (χ1v) is 10.0. The van der Waals surface area contributed by atoms with Gasteiger partial charge in [0, 0.05) is 24.7 Å². The van der Waals surface area contributed by atoms with Crippen LogP contribution >= 0.6 is 0 Å². The van der Waals surface area contributed by atoms with Crippen LogP contribution < -0.4 is 5.56 Å². The summed E-state index contributed by atoms with van der Waals surface area (Å²) in [6.07, 6.45) is 4.86. The Hall–Kier alpha value is -1.98. The molecule has 0 saturated carbocycles. The Morgan fingerprint density at radius 3 is 2.52 bits per heavy atom. The van der Waals surface area contributed by atoms with Crippen LogP contribution in [0.5, 0.6) is 0 Å². The summed E-state index contributed by atoms with van der Waals surface area (Å²) in [6.45, 7) is 5.28. The van der Waals surface area contributed by atoms with Gasteiger partial charge in [-0.15, -0.1) is 0 Å². The molecule has 4 rings (SSSR count). The highest BCUT2D eigenvalue weighted by molar-refractivity contribution is 5.26. The van der Waals surface area contributed by atoms with Gasteiger partial charge >= 0.3 is 0 Å². The van der Waals surface area contributed by atoms with Crippen LogP contribution in [0.2, 0.25) is 0 Å². The smallest absolute Gasteiger partial charge is 0.266 e. The highest BCUT2D eigenvalue weighted by Crippen LogP contribution is 2.40. The molecule has 1 unspecified atom stereocenters. The molecule has 1 aromatic heterocycles. The zero-order chi connectivity index (χ0) is 19.0. The Bertz CT molecular complexity index is 862. The van der Waals surface area contributed by atoms with Gasteiger partial charge in [0.05, 0.1) is 17.8 Å². The lowest BCUT2D eigenvalue weighted by molar-refractivity contribution is -0.105. The number of benzene rings is 1. The van der Waals surface area contributed by atoms with Crippen LogP contribution in [0.4, 0.5) is 0 Å². The Balaban J connectivity index is 1.54. The third kappa shape index (κ3) is 3.85. The minimum atomic E-state index is -0.859. The number of piperidine rings is 2. The van der Waals surface area contributed by atoms with Crippen molar-refractivity contribution in [3.05, 3.63) is 63.6 Å². The molecule has 2 aliphatic rings. The molecular formula is C22H29N3O2. The SMILES string of the molecule is Cc1ccc(=O)n(CC2(O)C[C@H]3CCC[C@@H](C2)N3Cc2ccccc2C)n1. The first-order valence-electron chi connectivity index (χ1n) is 10.0. The quantitative estimate of drug-likeness (QED) is 0.903. The molecule has 2 aromatic rings. The fraction of sp³-hybridized carbons (Fsp3) is 0.545. The van der Waals surface area contributed by atoms with Crippen LogP contribution in [0.25, 0.3) is 0 Å². The van der Waals surface area contributed by atoms with Gasteiger partial charge in [-0.25, -0.2) is 4.68 Å². The van der Waals surface area contributed by atoms with Crippen LogP contribution in [0.3, 0.4) is 0 Å². The van der Waals surface area contributed by atoms with E-state index in [4.69, 9.17) is 0 Å². The average molecular weight is 367 g/mol. The van der Waals surface area contributed by atoms with Crippen LogP contribution in [-0.2, 0) is 13.1 Å². The van der Waals surface area contributed by atoms with E-state index in [9.17, 15) is 9.90 Å². The topological polar surface area (TPSA) is 58.4 Å². The van der Waals surface area contributed by atoms with E-state index in [1.165, 1.54) is 22.2 Å². The van der Waals surface area contributed by atoms with E-state index >= 15 is 0 Å². The van der Waals surface area contributed by atoms with Crippen molar-refractivity contribution in [1.29, 1.82) is 0 Å². The molecule has 1 N–H and O–H groups in total. The highest BCUT2D eigenvalue weighted by Gasteiger charge is 2.45. The average Bonchev–Trinajstić information content (AvgIpc) is 2.61. The Labute approximate surface area is 160 Å². The summed E-state index contributed by atoms with van der Waals surface area (Å²) in [7, 11) is 0. The summed E-state index contributed by atoms with van der Waals surface area (Å²) in [5.74, 6) is 0. The highest BCUT2D eigenvalue weighted by atomic mass is 16.3. The van der Waals surface area contributed by atoms with Gasteiger partial charge in [0.25, 0.3) is 5.56 Å². The first-order chi connectivity index (χ1) is 12.9. The molecule has 0 aliphatic carbocycles. The molecular weight excluding hydrogens is 338 g/mol. The Morgan fingerprint density at radius 2 is 1.81 bits per heavy atom. The van der Waals surface area contributed by atoms with E-state index in [2.05, 4.69) is 41.2 Å². The number of fused-ring (bicyclic) bond motifs is 2. The number of aliphatic hydroxyl groups is 1. The van der Waals surface area contributed by atoms with Crippen molar-refractivity contribution in [2.45, 2.75) is 76.7 Å². The van der Waals surface area contributed by atoms with Crippen molar-refractivity contribution in [2.75, 3.05) is 0 Å². The zero-order valence-corrected chi connectivity index (χ0v) is 16.3. The summed E-state index contributed by atoms with van der Waals surface area (Å²) < 4.78 is 1.45. The predicted octanol–water partition coefficient (Wildman–Crippen LogP) is 2.81. The summed E-state index contributed by atoms with van der Waals surface area (Å²) >= 11 is 0. The summed E-state index contributed by atoms with van der Waals surface area (Å²) in [4.78, 5) is 14.7. The molecule has 144 valence electrons. The minimum absolute atomic E-state index is 0.137. The van der Waals surface area contributed by atoms with Crippen molar-refractivity contribution in [3.63, 3.8) is 0 Å². The van der Waals surface area contributed by atoms with Gasteiger partial charge in [0.1, 0.15) is 0 Å². The van der Waals surface area contributed by atoms with E-state index in [1.54, 1.807) is 12.1 Å². The molecule has 2 aliphatic heterocycles. The predicted molar refractivity (Wildman–Crippen MR) is 106 cm³/mol. The second kappa shape index (κ2) is 7.21. The molecule has 0 radical (unpaired) electrons. The summed E-state index contributed by atoms with van der Waals surface area (Å²) in [5.41, 5.74) is 2.50. The van der Waals surface area contributed by atoms with Gasteiger partial charge in [-0.05, 0) is 56.7 Å². The maximum atomic E-state index is 12.2. The van der Waals surface area contributed by atoms with E-state index < -0.39 is 5.60 Å². The maximum absolute atomic E-state index is 12.2. The largest absolute Gasteiger partial charge is 0.388 e. The molecule has 3 heterocycles. The van der Waals surface area contributed by atoms with E-state index in [0.717, 1.165) is 25.1 Å². The van der Waals surface area contributed by atoms with Gasteiger partial charge in [-0.1, -0.05) is 30.7 Å². The molecule has 0 amide bonds. The van der Waals surface area contributed by atoms with Crippen molar-refractivity contribution in [3.8, 4) is 0 Å². The van der Waals surface area contributed by atoms with Crippen molar-refractivity contribution in [2.24, 2.45) is 0 Å². The second-order valence-electron chi connectivity index (χ2n) is 8.44. The Morgan fingerprint density at radius 1 is 1.11 bits per heavy atom. The van der Waals surface area contributed by atoms with Crippen LogP contribution in [0, 0.1) is 13.8 Å². The van der Waals surface area contributed by atoms with Crippen molar-refractivity contribution < 1.29 is 5.11 Å². The first kappa shape index (κ1) is 18.4. The van der Waals surface area contributed by atoms with E-state index in [0.29, 0.717) is 31.5 Å². The van der Waals surface area contributed by atoms with Gasteiger partial charge < -0.3 is 5.11 Å².